The van der Waals surface area contributed by atoms with Gasteiger partial charge in [0.1, 0.15) is 11.6 Å². The largest absolute Gasteiger partial charge is 0.494 e. The number of hydrogen-bond donors (Lipinski definition) is 2. The van der Waals surface area contributed by atoms with Crippen LogP contribution in [0.3, 0.4) is 0 Å². The summed E-state index contributed by atoms with van der Waals surface area (Å²) >= 11 is 1.77. The number of aromatic amines is 1. The number of nitrogens with one attached hydrogen (secondary N) is 2. The maximum atomic E-state index is 13.5. The molecule has 2 aliphatic heterocycles. The molecule has 5 aromatic rings. The van der Waals surface area contributed by atoms with Crippen LogP contribution < -0.4 is 15.5 Å². The minimum Gasteiger partial charge on any atom is -0.464 e. The Hall–Kier alpha value is -3.97. The van der Waals surface area contributed by atoms with E-state index in [1.807, 2.05) is 24.3 Å². The molecule has 1 amide bonds. The van der Waals surface area contributed by atoms with E-state index in [-0.39, 0.29) is 24.1 Å². The van der Waals surface area contributed by atoms with Crippen LogP contribution in [0.4, 0.5) is 0 Å². The Balaban J connectivity index is 1.16. The van der Waals surface area contributed by atoms with Crippen molar-refractivity contribution in [2.24, 2.45) is 5.92 Å². The monoisotopic (exact) mass is 748 g/mol. The summed E-state index contributed by atoms with van der Waals surface area (Å²) in [5, 5.41) is 5.51. The van der Waals surface area contributed by atoms with E-state index in [2.05, 4.69) is 107 Å². The minimum atomic E-state index is -0.446. The molecule has 0 radical (unpaired) electrons. The van der Waals surface area contributed by atoms with Gasteiger partial charge < -0.3 is 29.2 Å². The fourth-order valence-corrected chi connectivity index (χ4v) is 9.13. The summed E-state index contributed by atoms with van der Waals surface area (Å²) in [7, 11) is 1.40. The summed E-state index contributed by atoms with van der Waals surface area (Å²) in [5.41, 5.74) is 6.39. The molecular weight excluding hydrogens is 695 g/mol. The fraction of sp³-hybridized carbons (Fsp3) is 0.500. The Morgan fingerprint density at radius 2 is 1.85 bits per heavy atom. The third-order valence-electron chi connectivity index (χ3n) is 12.0. The van der Waals surface area contributed by atoms with Gasteiger partial charge in [0, 0.05) is 35.2 Å². The van der Waals surface area contributed by atoms with Crippen LogP contribution in [-0.4, -0.2) is 68.3 Å². The van der Waals surface area contributed by atoms with Crippen molar-refractivity contribution in [3.05, 3.63) is 70.1 Å². The third kappa shape index (κ3) is 6.38. The summed E-state index contributed by atoms with van der Waals surface area (Å²) in [6, 6.07) is 12.9. The number of benzene rings is 2. The molecule has 2 atom stereocenters. The summed E-state index contributed by atoms with van der Waals surface area (Å²) in [6.07, 6.45) is 8.05. The zero-order valence-electron chi connectivity index (χ0n) is 33.1. The van der Waals surface area contributed by atoms with Crippen LogP contribution in [0.15, 0.2) is 48.8 Å². The van der Waals surface area contributed by atoms with Crippen LogP contribution in [0.5, 0.6) is 5.75 Å². The maximum Gasteiger partial charge on any atom is 0.494 e. The number of nitrogens with zero attached hydrogens (tertiary/aromatic N) is 4. The number of ether oxygens (including phenoxy) is 1. The SMILES string of the molecule is CCCN(Cc1ncc(-c2cc(C)c3c(c2)OC(c2cnc(C4CCC4)s2)n2c-3cc3cc(B4OC(C)(C)C(C)(C)O4)ccc32)[nH]1)C(=O)C(NC)C(C)C. The smallest absolute Gasteiger partial charge is 0.464 e. The normalized spacial score (nSPS) is 19.4. The standard InChI is InChI=1S/C42H53BN6O4S/c1-10-16-48(39(50)37(44-9)24(2)3)23-35-45-21-30(47-35)27-17-25(4)36-32-19-28-18-29(43-52-41(5,6)42(7,8)53-43)14-15-31(28)49(32)40(51-33(36)20-27)34-22-46-38(54-34)26-12-11-13-26/h14-15,17-22,24,26,37,40,44H,10-13,16,23H2,1-9H3,(H,45,47). The van der Waals surface area contributed by atoms with E-state index in [1.165, 1.54) is 24.3 Å². The number of fused-ring (bicyclic) bond motifs is 5. The quantitative estimate of drug-likeness (QED) is 0.132. The zero-order chi connectivity index (χ0) is 38.1. The summed E-state index contributed by atoms with van der Waals surface area (Å²) in [4.78, 5) is 29.7. The second-order valence-corrected chi connectivity index (χ2v) is 17.8. The summed E-state index contributed by atoms with van der Waals surface area (Å²) in [6.45, 7) is 17.8. The van der Waals surface area contributed by atoms with Gasteiger partial charge in [-0.1, -0.05) is 39.3 Å². The molecule has 284 valence electrons. The van der Waals surface area contributed by atoms with Gasteiger partial charge in [0.05, 0.1) is 56.8 Å². The molecule has 8 rings (SSSR count). The second-order valence-electron chi connectivity index (χ2n) is 16.7. The number of aromatic nitrogens is 4. The van der Waals surface area contributed by atoms with Crippen molar-refractivity contribution in [3.63, 3.8) is 0 Å². The highest BCUT2D eigenvalue weighted by Gasteiger charge is 2.51. The number of imidazole rings is 1. The van der Waals surface area contributed by atoms with E-state index < -0.39 is 18.3 Å². The Labute approximate surface area is 323 Å². The Bertz CT molecular complexity index is 2180. The van der Waals surface area contributed by atoms with Gasteiger partial charge in [-0.2, -0.15) is 0 Å². The van der Waals surface area contributed by atoms with Gasteiger partial charge in [-0.25, -0.2) is 9.97 Å². The fourth-order valence-electron chi connectivity index (χ4n) is 8.02. The molecule has 54 heavy (non-hydrogen) atoms. The van der Waals surface area contributed by atoms with E-state index in [0.717, 1.165) is 67.3 Å². The predicted molar refractivity (Wildman–Crippen MR) is 216 cm³/mol. The molecule has 3 aromatic heterocycles. The first-order valence-electron chi connectivity index (χ1n) is 19.6. The van der Waals surface area contributed by atoms with Gasteiger partial charge in [-0.3, -0.25) is 9.36 Å². The molecule has 3 aliphatic rings. The number of rotatable bonds is 11. The van der Waals surface area contributed by atoms with E-state index in [0.29, 0.717) is 19.0 Å². The molecule has 2 aromatic carbocycles. The maximum absolute atomic E-state index is 13.5. The van der Waals surface area contributed by atoms with Crippen molar-refractivity contribution < 1.29 is 18.8 Å². The van der Waals surface area contributed by atoms with Gasteiger partial charge >= 0.3 is 7.12 Å². The van der Waals surface area contributed by atoms with Crippen molar-refractivity contribution >= 4 is 40.7 Å². The van der Waals surface area contributed by atoms with Crippen LogP contribution in [0, 0.1) is 12.8 Å². The molecule has 2 fully saturated rings. The molecular formula is C42H53BN6O4S. The molecule has 0 spiro atoms. The van der Waals surface area contributed by atoms with Crippen LogP contribution in [-0.2, 0) is 20.6 Å². The number of thiazole rings is 1. The van der Waals surface area contributed by atoms with Gasteiger partial charge in [0.2, 0.25) is 12.1 Å². The lowest BCUT2D eigenvalue weighted by atomic mass is 9.78. The van der Waals surface area contributed by atoms with E-state index >= 15 is 0 Å². The van der Waals surface area contributed by atoms with Crippen molar-refractivity contribution in [2.75, 3.05) is 13.6 Å². The first-order chi connectivity index (χ1) is 25.8. The Morgan fingerprint density at radius 3 is 2.52 bits per heavy atom. The Kier molecular flexibility index (Phi) is 9.56. The van der Waals surface area contributed by atoms with Crippen molar-refractivity contribution in [3.8, 4) is 28.3 Å². The van der Waals surface area contributed by atoms with Crippen LogP contribution in [0.25, 0.3) is 33.4 Å². The molecule has 1 saturated carbocycles. The number of hydrogen-bond acceptors (Lipinski definition) is 8. The molecule has 2 unspecified atom stereocenters. The summed E-state index contributed by atoms with van der Waals surface area (Å²) in [5.74, 6) is 2.40. The lowest BCUT2D eigenvalue weighted by molar-refractivity contribution is -0.135. The van der Waals surface area contributed by atoms with E-state index in [1.54, 1.807) is 11.3 Å². The number of amides is 1. The third-order valence-corrected chi connectivity index (χ3v) is 13.2. The van der Waals surface area contributed by atoms with Crippen LogP contribution in [0.2, 0.25) is 0 Å². The molecule has 1 aliphatic carbocycles. The lowest BCUT2D eigenvalue weighted by Gasteiger charge is -2.32. The van der Waals surface area contributed by atoms with Gasteiger partial charge in [-0.05, 0) is 102 Å². The van der Waals surface area contributed by atoms with Crippen molar-refractivity contribution in [2.45, 2.75) is 117 Å². The first-order valence-corrected chi connectivity index (χ1v) is 20.4. The number of carbonyl (C=O) groups excluding carboxylic acids is 1. The lowest BCUT2D eigenvalue weighted by Crippen LogP contribution is -2.48. The average Bonchev–Trinajstić information content (AvgIpc) is 3.88. The second kappa shape index (κ2) is 14.0. The van der Waals surface area contributed by atoms with Crippen LogP contribution in [0.1, 0.15) is 108 Å². The number of H-pyrrole nitrogens is 1. The number of carbonyl (C=O) groups is 1. The van der Waals surface area contributed by atoms with Gasteiger partial charge in [0.25, 0.3) is 0 Å². The zero-order valence-corrected chi connectivity index (χ0v) is 33.9. The van der Waals surface area contributed by atoms with E-state index in [9.17, 15) is 4.79 Å². The highest BCUT2D eigenvalue weighted by Crippen LogP contribution is 2.49. The minimum absolute atomic E-state index is 0.0957. The van der Waals surface area contributed by atoms with Crippen LogP contribution >= 0.6 is 11.3 Å². The number of aryl methyl sites for hydroxylation is 1. The Morgan fingerprint density at radius 1 is 1.09 bits per heavy atom. The van der Waals surface area contributed by atoms with E-state index in [4.69, 9.17) is 24.0 Å². The molecule has 0 bridgehead atoms. The highest BCUT2D eigenvalue weighted by atomic mass is 32.1. The number of likely N-dealkylation sites (N-methyl/N-ethyl adjacent to an activating group) is 1. The molecule has 2 N–H and O–H groups in total. The van der Waals surface area contributed by atoms with Gasteiger partial charge in [-0.15, -0.1) is 11.3 Å². The van der Waals surface area contributed by atoms with Crippen molar-refractivity contribution in [1.29, 1.82) is 0 Å². The molecule has 12 heteroatoms. The topological polar surface area (TPSA) is 107 Å². The average molecular weight is 749 g/mol. The molecule has 5 heterocycles. The predicted octanol–water partition coefficient (Wildman–Crippen LogP) is 7.95. The van der Waals surface area contributed by atoms with Crippen molar-refractivity contribution in [1.82, 2.24) is 29.7 Å². The molecule has 1 saturated heterocycles. The molecule has 10 nitrogen and oxygen atoms in total. The highest BCUT2D eigenvalue weighted by molar-refractivity contribution is 7.11. The van der Waals surface area contributed by atoms with Gasteiger partial charge in [0.15, 0.2) is 0 Å². The summed E-state index contributed by atoms with van der Waals surface area (Å²) < 4.78 is 22.3. The first kappa shape index (κ1) is 37.0.